The van der Waals surface area contributed by atoms with Gasteiger partial charge in [-0.15, -0.1) is 0 Å². The molecule has 1 heterocycles. The van der Waals surface area contributed by atoms with Crippen LogP contribution >= 0.6 is 0 Å². The molecule has 0 aromatic carbocycles. The summed E-state index contributed by atoms with van der Waals surface area (Å²) in [6.07, 6.45) is 1.51. The molecule has 4 saturated carbocycles. The monoisotopic (exact) mass is 236 g/mol. The average Bonchev–Trinajstić information content (AvgIpc) is 2.69. The van der Waals surface area contributed by atoms with Crippen molar-refractivity contribution in [2.45, 2.75) is 18.4 Å². The van der Waals surface area contributed by atoms with Crippen LogP contribution in [-0.4, -0.2) is 30.6 Å². The van der Waals surface area contributed by atoms with E-state index in [1.807, 2.05) is 0 Å². The largest absolute Gasteiger partial charge is 0.469 e. The minimum atomic E-state index is -0.823. The highest BCUT2D eigenvalue weighted by atomic mass is 16.5. The molecule has 1 aliphatic heterocycles. The zero-order valence-corrected chi connectivity index (χ0v) is 9.28. The van der Waals surface area contributed by atoms with E-state index in [9.17, 15) is 14.4 Å². The van der Waals surface area contributed by atoms with Crippen LogP contribution in [-0.2, 0) is 14.3 Å². The third-order valence-corrected chi connectivity index (χ3v) is 5.26. The lowest BCUT2D eigenvalue weighted by molar-refractivity contribution is -0.147. The van der Waals surface area contributed by atoms with Gasteiger partial charge in [-0.1, -0.05) is 0 Å². The highest BCUT2D eigenvalue weighted by Crippen LogP contribution is 2.83. The van der Waals surface area contributed by atoms with Gasteiger partial charge >= 0.3 is 12.0 Å². The number of urea groups is 1. The number of imide groups is 1. The van der Waals surface area contributed by atoms with E-state index in [2.05, 4.69) is 10.6 Å². The smallest absolute Gasteiger partial charge is 0.322 e. The average molecular weight is 236 g/mol. The van der Waals surface area contributed by atoms with E-state index in [0.29, 0.717) is 6.42 Å². The molecular weight excluding hydrogens is 224 g/mol. The first kappa shape index (κ1) is 9.44. The van der Waals surface area contributed by atoms with Crippen LogP contribution in [0.2, 0.25) is 0 Å². The SMILES string of the molecule is COC(=O)C12CC3CC1C2C31NC(=O)NC1=O. The molecule has 0 aromatic rings. The first-order valence-corrected chi connectivity index (χ1v) is 5.79. The molecule has 5 aliphatic rings. The zero-order chi connectivity index (χ0) is 12.0. The van der Waals surface area contributed by atoms with Gasteiger partial charge in [0.25, 0.3) is 5.91 Å². The van der Waals surface area contributed by atoms with Gasteiger partial charge in [0.1, 0.15) is 5.54 Å². The number of methoxy groups -OCH3 is 1. The van der Waals surface area contributed by atoms with E-state index < -0.39 is 17.0 Å². The summed E-state index contributed by atoms with van der Waals surface area (Å²) in [6, 6.07) is -0.437. The summed E-state index contributed by atoms with van der Waals surface area (Å²) < 4.78 is 4.86. The fourth-order valence-corrected chi connectivity index (χ4v) is 4.81. The minimum absolute atomic E-state index is 0.0566. The summed E-state index contributed by atoms with van der Waals surface area (Å²) in [5.41, 5.74) is -1.32. The Bertz CT molecular complexity index is 490. The number of carbonyl (C=O) groups excluding carboxylic acids is 3. The fourth-order valence-electron chi connectivity index (χ4n) is 4.81. The van der Waals surface area contributed by atoms with Crippen molar-refractivity contribution in [3.63, 3.8) is 0 Å². The standard InChI is InChI=1S/C11H12N2O4/c1-17-8(15)10-3-4-2-5(10)6(10)11(4)7(14)12-9(16)13-11/h4-6H,2-3H2,1H3,(H2,12,13,14,16). The Kier molecular flexibility index (Phi) is 1.29. The molecule has 1 spiro atoms. The highest BCUT2D eigenvalue weighted by molar-refractivity contribution is 6.09. The van der Waals surface area contributed by atoms with E-state index in [-0.39, 0.29) is 29.6 Å². The quantitative estimate of drug-likeness (QED) is 0.470. The van der Waals surface area contributed by atoms with Gasteiger partial charge in [0.05, 0.1) is 12.5 Å². The number of carbonyl (C=O) groups is 3. The first-order valence-electron chi connectivity index (χ1n) is 5.79. The maximum Gasteiger partial charge on any atom is 0.322 e. The van der Waals surface area contributed by atoms with Crippen molar-refractivity contribution in [1.82, 2.24) is 10.6 Å². The van der Waals surface area contributed by atoms with Crippen molar-refractivity contribution in [2.75, 3.05) is 7.11 Å². The summed E-state index contributed by atoms with van der Waals surface area (Å²) in [7, 11) is 1.38. The van der Waals surface area contributed by atoms with Gasteiger partial charge in [-0.25, -0.2) is 4.79 Å². The van der Waals surface area contributed by atoms with Crippen molar-refractivity contribution >= 4 is 17.9 Å². The van der Waals surface area contributed by atoms with E-state index in [1.54, 1.807) is 0 Å². The lowest BCUT2D eigenvalue weighted by Crippen LogP contribution is -2.50. The molecule has 4 bridgehead atoms. The van der Waals surface area contributed by atoms with Gasteiger partial charge in [0.15, 0.2) is 0 Å². The normalized spacial score (nSPS) is 52.6. The Morgan fingerprint density at radius 1 is 1.47 bits per heavy atom. The fraction of sp³-hybridized carbons (Fsp3) is 0.727. The van der Waals surface area contributed by atoms with Crippen molar-refractivity contribution in [2.24, 2.45) is 23.2 Å². The number of nitrogens with one attached hydrogen (secondary N) is 2. The lowest BCUT2D eigenvalue weighted by Gasteiger charge is -2.24. The first-order chi connectivity index (χ1) is 8.07. The molecule has 0 radical (unpaired) electrons. The van der Waals surface area contributed by atoms with E-state index >= 15 is 0 Å². The third-order valence-electron chi connectivity index (χ3n) is 5.26. The molecule has 1 saturated heterocycles. The van der Waals surface area contributed by atoms with E-state index in [4.69, 9.17) is 4.74 Å². The maximum atomic E-state index is 12.0. The molecule has 6 nitrogen and oxygen atoms in total. The number of hydrogen-bond acceptors (Lipinski definition) is 4. The Balaban J connectivity index is 1.79. The molecule has 2 N–H and O–H groups in total. The zero-order valence-electron chi connectivity index (χ0n) is 9.28. The van der Waals surface area contributed by atoms with Gasteiger partial charge in [-0.3, -0.25) is 14.9 Å². The molecule has 3 amide bonds. The molecule has 4 aliphatic carbocycles. The van der Waals surface area contributed by atoms with Crippen molar-refractivity contribution < 1.29 is 19.1 Å². The summed E-state index contributed by atoms with van der Waals surface area (Å²) in [5, 5.41) is 5.06. The van der Waals surface area contributed by atoms with Gasteiger partial charge in [-0.2, -0.15) is 0 Å². The van der Waals surface area contributed by atoms with Crippen LogP contribution in [0.15, 0.2) is 0 Å². The number of ether oxygens (including phenoxy) is 1. The highest BCUT2D eigenvalue weighted by Gasteiger charge is 2.90. The second kappa shape index (κ2) is 2.32. The number of rotatable bonds is 1. The molecule has 90 valence electrons. The predicted octanol–water partition coefficient (Wildman–Crippen LogP) is -0.606. The Hall–Kier alpha value is -1.59. The van der Waals surface area contributed by atoms with Crippen molar-refractivity contribution in [3.8, 4) is 0 Å². The molecule has 6 heteroatoms. The van der Waals surface area contributed by atoms with Crippen molar-refractivity contribution in [3.05, 3.63) is 0 Å². The molecule has 17 heavy (non-hydrogen) atoms. The van der Waals surface area contributed by atoms with Crippen LogP contribution in [0.3, 0.4) is 0 Å². The van der Waals surface area contributed by atoms with Crippen LogP contribution < -0.4 is 10.6 Å². The van der Waals surface area contributed by atoms with E-state index in [0.717, 1.165) is 6.42 Å². The summed E-state index contributed by atoms with van der Waals surface area (Å²) in [5.74, 6) is -0.241. The van der Waals surface area contributed by atoms with Crippen LogP contribution in [0.4, 0.5) is 4.79 Å². The summed E-state index contributed by atoms with van der Waals surface area (Å²) >= 11 is 0. The van der Waals surface area contributed by atoms with Crippen LogP contribution in [0.1, 0.15) is 12.8 Å². The predicted molar refractivity (Wildman–Crippen MR) is 53.6 cm³/mol. The second-order valence-corrected chi connectivity index (χ2v) is 5.53. The molecular formula is C11H12N2O4. The van der Waals surface area contributed by atoms with Gasteiger partial charge < -0.3 is 10.1 Å². The van der Waals surface area contributed by atoms with Gasteiger partial charge in [-0.05, 0) is 24.7 Å². The van der Waals surface area contributed by atoms with Crippen LogP contribution in [0.5, 0.6) is 0 Å². The third kappa shape index (κ3) is 0.697. The number of amides is 3. The summed E-state index contributed by atoms with van der Waals surface area (Å²) in [4.78, 5) is 35.2. The van der Waals surface area contributed by atoms with E-state index in [1.165, 1.54) is 7.11 Å². The molecule has 5 unspecified atom stereocenters. The Morgan fingerprint density at radius 2 is 2.24 bits per heavy atom. The van der Waals surface area contributed by atoms with Crippen LogP contribution in [0.25, 0.3) is 0 Å². The summed E-state index contributed by atoms with van der Waals surface area (Å²) in [6.45, 7) is 0. The maximum absolute atomic E-state index is 12.0. The minimum Gasteiger partial charge on any atom is -0.469 e. The van der Waals surface area contributed by atoms with Crippen molar-refractivity contribution in [1.29, 1.82) is 0 Å². The number of hydrogen-bond donors (Lipinski definition) is 2. The van der Waals surface area contributed by atoms with Gasteiger partial charge in [0, 0.05) is 5.92 Å². The molecule has 5 fully saturated rings. The Labute approximate surface area is 97.1 Å². The molecule has 5 atom stereocenters. The topological polar surface area (TPSA) is 84.5 Å². The molecule has 0 aromatic heterocycles. The number of esters is 1. The van der Waals surface area contributed by atoms with Crippen LogP contribution in [0, 0.1) is 23.2 Å². The second-order valence-electron chi connectivity index (χ2n) is 5.53. The lowest BCUT2D eigenvalue weighted by atomic mass is 9.88. The molecule has 5 rings (SSSR count). The Morgan fingerprint density at radius 3 is 2.76 bits per heavy atom. The van der Waals surface area contributed by atoms with Gasteiger partial charge in [0.2, 0.25) is 0 Å².